The number of nitrogens with zero attached hydrogens (tertiary/aromatic N) is 1. The predicted molar refractivity (Wildman–Crippen MR) is 74.6 cm³/mol. The molecular weight excluding hydrogens is 264 g/mol. The van der Waals surface area contributed by atoms with E-state index < -0.39 is 5.97 Å². The first-order valence-corrected chi connectivity index (χ1v) is 6.42. The molecule has 4 nitrogen and oxygen atoms in total. The number of fused-ring (bicyclic) bond motifs is 3. The highest BCUT2D eigenvalue weighted by Gasteiger charge is 2.11. The molecule has 1 N–H and O–H groups in total. The largest absolute Gasteiger partial charge is 0.460 e. The molecule has 19 heavy (non-hydrogen) atoms. The zero-order chi connectivity index (χ0) is 13.2. The zero-order valence-electron chi connectivity index (χ0n) is 10.0. The molecule has 96 valence electrons. The normalized spacial score (nSPS) is 11.0. The minimum absolute atomic E-state index is 0.188. The van der Waals surface area contributed by atoms with Crippen LogP contribution in [0, 0.1) is 0 Å². The molecule has 0 saturated carbocycles. The average molecular weight is 275 g/mol. The van der Waals surface area contributed by atoms with Gasteiger partial charge in [-0.2, -0.15) is 0 Å². The molecule has 2 heterocycles. The Labute approximate surface area is 114 Å². The molecule has 5 heteroatoms. The first kappa shape index (κ1) is 12.0. The molecule has 0 atom stereocenters. The molecule has 0 aliphatic rings. The van der Waals surface area contributed by atoms with Crippen LogP contribution in [-0.4, -0.2) is 28.4 Å². The highest BCUT2D eigenvalue weighted by atomic mass is 35.5. The molecule has 0 aliphatic heterocycles. The van der Waals surface area contributed by atoms with Gasteiger partial charge in [0.2, 0.25) is 0 Å². The Morgan fingerprint density at radius 3 is 2.95 bits per heavy atom. The van der Waals surface area contributed by atoms with Crippen LogP contribution in [0.1, 0.15) is 10.5 Å². The van der Waals surface area contributed by atoms with Crippen molar-refractivity contribution in [1.82, 2.24) is 9.97 Å². The van der Waals surface area contributed by atoms with Gasteiger partial charge in [-0.15, -0.1) is 11.6 Å². The number of ether oxygens (including phenoxy) is 1. The first-order chi connectivity index (χ1) is 9.29. The minimum Gasteiger partial charge on any atom is -0.460 e. The number of para-hydroxylation sites is 1. The molecule has 1 aromatic carbocycles. The van der Waals surface area contributed by atoms with Crippen LogP contribution >= 0.6 is 11.6 Å². The van der Waals surface area contributed by atoms with Crippen molar-refractivity contribution < 1.29 is 9.53 Å². The number of halogens is 1. The van der Waals surface area contributed by atoms with Crippen LogP contribution < -0.4 is 0 Å². The standard InChI is InChI=1S/C14H11ClN2O2/c15-5-6-19-14(18)12-7-10-9-3-1-2-4-11(9)17-13(10)8-16-12/h1-4,7-8,17H,5-6H2. The van der Waals surface area contributed by atoms with E-state index in [-0.39, 0.29) is 12.5 Å². The molecule has 0 fully saturated rings. The highest BCUT2D eigenvalue weighted by molar-refractivity contribution is 6.18. The summed E-state index contributed by atoms with van der Waals surface area (Å²) in [5, 5.41) is 2.02. The summed E-state index contributed by atoms with van der Waals surface area (Å²) in [6, 6.07) is 9.65. The van der Waals surface area contributed by atoms with Gasteiger partial charge in [0.1, 0.15) is 12.3 Å². The van der Waals surface area contributed by atoms with Gasteiger partial charge < -0.3 is 9.72 Å². The Kier molecular flexibility index (Phi) is 3.09. The van der Waals surface area contributed by atoms with Crippen LogP contribution in [0.5, 0.6) is 0 Å². The summed E-state index contributed by atoms with van der Waals surface area (Å²) in [5.41, 5.74) is 2.21. The molecule has 0 aliphatic carbocycles. The number of nitrogens with one attached hydrogen (secondary N) is 1. The van der Waals surface area contributed by atoms with E-state index in [9.17, 15) is 4.79 Å². The number of hydrogen-bond donors (Lipinski definition) is 1. The van der Waals surface area contributed by atoms with Gasteiger partial charge >= 0.3 is 5.97 Å². The smallest absolute Gasteiger partial charge is 0.356 e. The lowest BCUT2D eigenvalue weighted by Crippen LogP contribution is -2.08. The van der Waals surface area contributed by atoms with E-state index in [1.54, 1.807) is 12.3 Å². The van der Waals surface area contributed by atoms with Crippen molar-refractivity contribution in [3.63, 3.8) is 0 Å². The number of rotatable bonds is 3. The molecule has 0 bridgehead atoms. The maximum absolute atomic E-state index is 11.8. The Hall–Kier alpha value is -2.07. The SMILES string of the molecule is O=C(OCCCl)c1cc2c(cn1)[nH]c1ccccc12. The third-order valence-corrected chi connectivity index (χ3v) is 3.06. The lowest BCUT2D eigenvalue weighted by molar-refractivity contribution is 0.0522. The van der Waals surface area contributed by atoms with Gasteiger partial charge in [-0.3, -0.25) is 0 Å². The van der Waals surface area contributed by atoms with Crippen LogP contribution in [0.3, 0.4) is 0 Å². The van der Waals surface area contributed by atoms with Crippen molar-refractivity contribution in [1.29, 1.82) is 0 Å². The predicted octanol–water partition coefficient (Wildman–Crippen LogP) is 3.11. The fourth-order valence-corrected chi connectivity index (χ4v) is 2.14. The molecule has 3 rings (SSSR count). The Balaban J connectivity index is 2.09. The van der Waals surface area contributed by atoms with Crippen LogP contribution in [0.2, 0.25) is 0 Å². The number of carbonyl (C=O) groups excluding carboxylic acids is 1. The van der Waals surface area contributed by atoms with Gasteiger partial charge in [0.15, 0.2) is 0 Å². The van der Waals surface area contributed by atoms with Crippen LogP contribution in [0.4, 0.5) is 0 Å². The van der Waals surface area contributed by atoms with E-state index >= 15 is 0 Å². The van der Waals surface area contributed by atoms with Crippen LogP contribution in [0.15, 0.2) is 36.5 Å². The zero-order valence-corrected chi connectivity index (χ0v) is 10.8. The number of pyridine rings is 1. The van der Waals surface area contributed by atoms with E-state index in [2.05, 4.69) is 9.97 Å². The molecular formula is C14H11ClN2O2. The van der Waals surface area contributed by atoms with Gasteiger partial charge in [0, 0.05) is 16.3 Å². The van der Waals surface area contributed by atoms with Crippen LogP contribution in [0.25, 0.3) is 21.8 Å². The number of hydrogen-bond acceptors (Lipinski definition) is 3. The molecule has 0 spiro atoms. The second-order valence-corrected chi connectivity index (χ2v) is 4.49. The van der Waals surface area contributed by atoms with E-state index in [4.69, 9.17) is 16.3 Å². The summed E-state index contributed by atoms with van der Waals surface area (Å²) in [7, 11) is 0. The lowest BCUT2D eigenvalue weighted by Gasteiger charge is -2.01. The fourth-order valence-electron chi connectivity index (χ4n) is 2.07. The maximum atomic E-state index is 11.8. The molecule has 2 aromatic heterocycles. The van der Waals surface area contributed by atoms with Gasteiger partial charge in [-0.1, -0.05) is 18.2 Å². The first-order valence-electron chi connectivity index (χ1n) is 5.89. The van der Waals surface area contributed by atoms with Crippen molar-refractivity contribution in [2.24, 2.45) is 0 Å². The van der Waals surface area contributed by atoms with E-state index in [1.165, 1.54) is 0 Å². The average Bonchev–Trinajstić information content (AvgIpc) is 2.82. The van der Waals surface area contributed by atoms with E-state index in [0.717, 1.165) is 21.8 Å². The molecule has 0 amide bonds. The Bertz CT molecular complexity index is 751. The number of esters is 1. The minimum atomic E-state index is -0.451. The summed E-state index contributed by atoms with van der Waals surface area (Å²) in [6.45, 7) is 0.188. The van der Waals surface area contributed by atoms with Crippen molar-refractivity contribution in [2.45, 2.75) is 0 Å². The second-order valence-electron chi connectivity index (χ2n) is 4.11. The molecule has 3 aromatic rings. The summed E-state index contributed by atoms with van der Waals surface area (Å²) >= 11 is 5.49. The van der Waals surface area contributed by atoms with Gasteiger partial charge in [-0.25, -0.2) is 9.78 Å². The van der Waals surface area contributed by atoms with Gasteiger partial charge in [-0.05, 0) is 12.1 Å². The fraction of sp³-hybridized carbons (Fsp3) is 0.143. The maximum Gasteiger partial charge on any atom is 0.356 e. The third-order valence-electron chi connectivity index (χ3n) is 2.91. The summed E-state index contributed by atoms with van der Waals surface area (Å²) in [6.07, 6.45) is 1.65. The Morgan fingerprint density at radius 2 is 2.11 bits per heavy atom. The monoisotopic (exact) mass is 274 g/mol. The topological polar surface area (TPSA) is 55.0 Å². The highest BCUT2D eigenvalue weighted by Crippen LogP contribution is 2.25. The number of alkyl halides is 1. The van der Waals surface area contributed by atoms with Gasteiger partial charge in [0.05, 0.1) is 17.6 Å². The summed E-state index contributed by atoms with van der Waals surface area (Å²) < 4.78 is 4.97. The number of H-pyrrole nitrogens is 1. The van der Waals surface area contributed by atoms with Crippen molar-refractivity contribution in [3.05, 3.63) is 42.2 Å². The molecule has 0 unspecified atom stereocenters. The van der Waals surface area contributed by atoms with Gasteiger partial charge in [0.25, 0.3) is 0 Å². The lowest BCUT2D eigenvalue weighted by atomic mass is 10.1. The number of aromatic amines is 1. The number of carbonyl (C=O) groups is 1. The number of aromatic nitrogens is 2. The molecule has 0 saturated heterocycles. The van der Waals surface area contributed by atoms with Crippen LogP contribution in [-0.2, 0) is 4.74 Å². The molecule has 0 radical (unpaired) electrons. The Morgan fingerprint density at radius 1 is 1.26 bits per heavy atom. The summed E-state index contributed by atoms with van der Waals surface area (Å²) in [5.74, 6) is -0.172. The van der Waals surface area contributed by atoms with Crippen molar-refractivity contribution in [2.75, 3.05) is 12.5 Å². The number of benzene rings is 1. The van der Waals surface area contributed by atoms with E-state index in [0.29, 0.717) is 5.69 Å². The van der Waals surface area contributed by atoms with Crippen molar-refractivity contribution >= 4 is 39.4 Å². The van der Waals surface area contributed by atoms with Crippen molar-refractivity contribution in [3.8, 4) is 0 Å². The quantitative estimate of drug-likeness (QED) is 0.590. The third kappa shape index (κ3) is 2.15. The second kappa shape index (κ2) is 4.90. The van der Waals surface area contributed by atoms with E-state index in [1.807, 2.05) is 24.3 Å². The summed E-state index contributed by atoms with van der Waals surface area (Å²) in [4.78, 5) is 19.1.